The quantitative estimate of drug-likeness (QED) is 0.511. The van der Waals surface area contributed by atoms with Gasteiger partial charge in [-0.15, -0.1) is 5.10 Å². The predicted octanol–water partition coefficient (Wildman–Crippen LogP) is 0.982. The molecule has 10 nitrogen and oxygen atoms in total. The highest BCUT2D eigenvalue weighted by molar-refractivity contribution is 5.94. The van der Waals surface area contributed by atoms with E-state index in [-0.39, 0.29) is 30.4 Å². The number of nitrogens with one attached hydrogen (secondary N) is 1. The summed E-state index contributed by atoms with van der Waals surface area (Å²) in [6, 6.07) is 10.6. The maximum absolute atomic E-state index is 12.3. The summed E-state index contributed by atoms with van der Waals surface area (Å²) in [7, 11) is 1.60. The number of benzene rings is 1. The van der Waals surface area contributed by atoms with E-state index in [9.17, 15) is 19.7 Å². The monoisotopic (exact) mass is 368 g/mol. The van der Waals surface area contributed by atoms with Gasteiger partial charge in [0.2, 0.25) is 0 Å². The molecule has 2 heterocycles. The summed E-state index contributed by atoms with van der Waals surface area (Å²) in [6.07, 6.45) is 1.61. The van der Waals surface area contributed by atoms with Crippen LogP contribution >= 0.6 is 0 Å². The predicted molar refractivity (Wildman–Crippen MR) is 96.1 cm³/mol. The number of aromatic nitrogens is 4. The van der Waals surface area contributed by atoms with Gasteiger partial charge in [0.25, 0.3) is 11.6 Å². The van der Waals surface area contributed by atoms with Gasteiger partial charge in [0.05, 0.1) is 11.5 Å². The van der Waals surface area contributed by atoms with Gasteiger partial charge in [-0.05, 0) is 24.3 Å². The van der Waals surface area contributed by atoms with Crippen LogP contribution in [-0.2, 0) is 13.6 Å². The summed E-state index contributed by atoms with van der Waals surface area (Å²) >= 11 is 0. The lowest BCUT2D eigenvalue weighted by Crippen LogP contribution is -2.31. The smallest absolute Gasteiger partial charge is 0.346 e. The fraction of sp³-hybridized carbons (Fsp3) is 0.176. The van der Waals surface area contributed by atoms with E-state index < -0.39 is 4.92 Å². The lowest BCUT2D eigenvalue weighted by atomic mass is 10.2. The van der Waals surface area contributed by atoms with Crippen molar-refractivity contribution in [2.24, 2.45) is 7.05 Å². The minimum Gasteiger partial charge on any atom is -0.350 e. The van der Waals surface area contributed by atoms with Crippen molar-refractivity contribution in [2.45, 2.75) is 6.54 Å². The molecule has 0 atom stereocenters. The lowest BCUT2D eigenvalue weighted by Gasteiger charge is -2.04. The molecule has 0 saturated carbocycles. The number of non-ortho nitro benzene ring substituents is 1. The summed E-state index contributed by atoms with van der Waals surface area (Å²) in [4.78, 5) is 38.6. The Morgan fingerprint density at radius 3 is 2.59 bits per heavy atom. The van der Waals surface area contributed by atoms with Gasteiger partial charge in [0.15, 0.2) is 5.82 Å². The summed E-state index contributed by atoms with van der Waals surface area (Å²) in [6.45, 7) is 0.354. The maximum atomic E-state index is 12.3. The van der Waals surface area contributed by atoms with Crippen LogP contribution in [0.4, 0.5) is 5.69 Å². The zero-order valence-electron chi connectivity index (χ0n) is 14.4. The number of rotatable bonds is 6. The topological polar surface area (TPSA) is 125 Å². The second-order valence-electron chi connectivity index (χ2n) is 5.66. The molecule has 1 amide bonds. The van der Waals surface area contributed by atoms with E-state index in [1.54, 1.807) is 31.4 Å². The Morgan fingerprint density at radius 2 is 1.96 bits per heavy atom. The van der Waals surface area contributed by atoms with Gasteiger partial charge < -0.3 is 5.32 Å². The molecule has 0 aliphatic rings. The van der Waals surface area contributed by atoms with Crippen LogP contribution in [0, 0.1) is 10.1 Å². The van der Waals surface area contributed by atoms with Gasteiger partial charge in [-0.3, -0.25) is 24.5 Å². The Kier molecular flexibility index (Phi) is 5.06. The number of carbonyl (C=O) groups excluding carboxylic acids is 1. The van der Waals surface area contributed by atoms with E-state index in [0.29, 0.717) is 17.1 Å². The fourth-order valence-corrected chi connectivity index (χ4v) is 2.46. The van der Waals surface area contributed by atoms with Crippen molar-refractivity contribution in [1.29, 1.82) is 0 Å². The van der Waals surface area contributed by atoms with Crippen molar-refractivity contribution in [3.8, 4) is 11.5 Å². The molecule has 0 radical (unpaired) electrons. The van der Waals surface area contributed by atoms with Gasteiger partial charge in [0, 0.05) is 37.5 Å². The van der Waals surface area contributed by atoms with Crippen LogP contribution in [0.25, 0.3) is 11.5 Å². The third-order valence-electron chi connectivity index (χ3n) is 3.88. The van der Waals surface area contributed by atoms with E-state index in [4.69, 9.17) is 0 Å². The Morgan fingerprint density at radius 1 is 1.22 bits per heavy atom. The third-order valence-corrected chi connectivity index (χ3v) is 3.88. The molecule has 3 aromatic rings. The number of amides is 1. The molecule has 1 aromatic carbocycles. The number of hydrogen-bond donors (Lipinski definition) is 1. The standard InChI is InChI=1S/C17H16N6O4/c1-21-15(14-4-2-3-9-18-14)20-22(17(21)25)11-10-19-16(24)12-5-7-13(8-6-12)23(26)27/h2-9H,10-11H2,1H3,(H,19,24). The Bertz CT molecular complexity index is 1020. The SMILES string of the molecule is Cn1c(-c2ccccn2)nn(CCNC(=O)c2ccc([N+](=O)[O-])cc2)c1=O. The maximum Gasteiger partial charge on any atom is 0.346 e. The fourth-order valence-electron chi connectivity index (χ4n) is 2.46. The number of carbonyl (C=O) groups is 1. The van der Waals surface area contributed by atoms with Gasteiger partial charge in [-0.2, -0.15) is 0 Å². The molecule has 0 unspecified atom stereocenters. The molecular formula is C17H16N6O4. The Hall–Kier alpha value is -3.82. The summed E-state index contributed by atoms with van der Waals surface area (Å²) in [5.41, 5.74) is 0.461. The summed E-state index contributed by atoms with van der Waals surface area (Å²) in [5.74, 6) is 0.0427. The first-order valence-electron chi connectivity index (χ1n) is 8.05. The molecule has 0 bridgehead atoms. The first kappa shape index (κ1) is 18.0. The normalized spacial score (nSPS) is 10.6. The number of hydrogen-bond acceptors (Lipinski definition) is 6. The van der Waals surface area contributed by atoms with Gasteiger partial charge >= 0.3 is 5.69 Å². The van der Waals surface area contributed by atoms with E-state index in [2.05, 4.69) is 15.4 Å². The van der Waals surface area contributed by atoms with Gasteiger partial charge in [0.1, 0.15) is 5.69 Å². The number of nitro benzene ring substituents is 1. The molecule has 0 fully saturated rings. The van der Waals surface area contributed by atoms with E-state index >= 15 is 0 Å². The highest BCUT2D eigenvalue weighted by Gasteiger charge is 2.13. The van der Waals surface area contributed by atoms with Crippen molar-refractivity contribution in [3.05, 3.63) is 74.8 Å². The van der Waals surface area contributed by atoms with E-state index in [1.807, 2.05) is 0 Å². The molecule has 0 spiro atoms. The summed E-state index contributed by atoms with van der Waals surface area (Å²) < 4.78 is 2.64. The van der Waals surface area contributed by atoms with E-state index in [1.165, 1.54) is 33.5 Å². The van der Waals surface area contributed by atoms with Crippen molar-refractivity contribution in [3.63, 3.8) is 0 Å². The van der Waals surface area contributed by atoms with Crippen molar-refractivity contribution in [2.75, 3.05) is 6.54 Å². The lowest BCUT2D eigenvalue weighted by molar-refractivity contribution is -0.384. The minimum atomic E-state index is -0.533. The largest absolute Gasteiger partial charge is 0.350 e. The molecule has 3 rings (SSSR count). The van der Waals surface area contributed by atoms with Crippen LogP contribution in [0.2, 0.25) is 0 Å². The Labute approximate surface area is 153 Å². The number of nitrogens with zero attached hydrogens (tertiary/aromatic N) is 5. The van der Waals surface area contributed by atoms with Gasteiger partial charge in [-0.25, -0.2) is 9.48 Å². The summed E-state index contributed by atoms with van der Waals surface area (Å²) in [5, 5.41) is 17.6. The van der Waals surface area contributed by atoms with Gasteiger partial charge in [-0.1, -0.05) is 6.07 Å². The molecule has 27 heavy (non-hydrogen) atoms. The third kappa shape index (κ3) is 3.89. The van der Waals surface area contributed by atoms with Crippen molar-refractivity contribution >= 4 is 11.6 Å². The molecule has 1 N–H and O–H groups in total. The van der Waals surface area contributed by atoms with Crippen molar-refractivity contribution < 1.29 is 9.72 Å². The van der Waals surface area contributed by atoms with Crippen LogP contribution in [0.5, 0.6) is 0 Å². The molecular weight excluding hydrogens is 352 g/mol. The van der Waals surface area contributed by atoms with Crippen LogP contribution in [-0.4, -0.2) is 36.7 Å². The average molecular weight is 368 g/mol. The van der Waals surface area contributed by atoms with Crippen molar-refractivity contribution in [1.82, 2.24) is 24.6 Å². The highest BCUT2D eigenvalue weighted by Crippen LogP contribution is 2.12. The van der Waals surface area contributed by atoms with Crippen LogP contribution < -0.4 is 11.0 Å². The van der Waals surface area contributed by atoms with E-state index in [0.717, 1.165) is 0 Å². The number of nitro groups is 1. The Balaban J connectivity index is 1.64. The molecule has 0 aliphatic heterocycles. The first-order chi connectivity index (χ1) is 13.0. The molecule has 138 valence electrons. The number of pyridine rings is 1. The second-order valence-corrected chi connectivity index (χ2v) is 5.66. The van der Waals surface area contributed by atoms with Crippen LogP contribution in [0.15, 0.2) is 53.5 Å². The second kappa shape index (κ2) is 7.60. The molecule has 2 aromatic heterocycles. The zero-order chi connectivity index (χ0) is 19.4. The molecule has 10 heteroatoms. The molecule has 0 saturated heterocycles. The average Bonchev–Trinajstić information content (AvgIpc) is 2.97. The highest BCUT2D eigenvalue weighted by atomic mass is 16.6. The first-order valence-corrected chi connectivity index (χ1v) is 8.05. The van der Waals surface area contributed by atoms with Crippen LogP contribution in [0.1, 0.15) is 10.4 Å². The minimum absolute atomic E-state index is 0.0892. The van der Waals surface area contributed by atoms with Crippen LogP contribution in [0.3, 0.4) is 0 Å². The zero-order valence-corrected chi connectivity index (χ0v) is 14.4. The molecule has 0 aliphatic carbocycles.